The molecule has 1 amide bonds. The fraction of sp³-hybridized carbons (Fsp3) is 0.231. The van der Waals surface area contributed by atoms with Crippen molar-refractivity contribution < 1.29 is 17.9 Å². The number of rotatable bonds is 8. The monoisotopic (exact) mass is 492 g/mol. The van der Waals surface area contributed by atoms with Gasteiger partial charge in [-0.2, -0.15) is 0 Å². The third-order valence-electron chi connectivity index (χ3n) is 5.64. The molecule has 1 atom stereocenters. The van der Waals surface area contributed by atoms with Gasteiger partial charge in [0.15, 0.2) is 11.9 Å². The Morgan fingerprint density at radius 3 is 2.46 bits per heavy atom. The van der Waals surface area contributed by atoms with Crippen LogP contribution in [-0.4, -0.2) is 42.3 Å². The Kier molecular flexibility index (Phi) is 6.90. The highest BCUT2D eigenvalue weighted by Crippen LogP contribution is 2.26. The van der Waals surface area contributed by atoms with Crippen molar-refractivity contribution in [2.24, 2.45) is 0 Å². The average Bonchev–Trinajstić information content (AvgIpc) is 3.19. The Morgan fingerprint density at radius 2 is 1.74 bits per heavy atom. The van der Waals surface area contributed by atoms with E-state index < -0.39 is 16.1 Å². The number of aromatic nitrogens is 2. The van der Waals surface area contributed by atoms with E-state index in [9.17, 15) is 13.2 Å². The molecule has 0 spiro atoms. The van der Waals surface area contributed by atoms with Gasteiger partial charge in [0.1, 0.15) is 12.3 Å². The molecule has 0 fully saturated rings. The van der Waals surface area contributed by atoms with Gasteiger partial charge in [-0.25, -0.2) is 17.7 Å². The second-order valence-corrected chi connectivity index (χ2v) is 10.6. The van der Waals surface area contributed by atoms with Crippen LogP contribution < -0.4 is 10.1 Å². The van der Waals surface area contributed by atoms with E-state index in [0.717, 1.165) is 15.3 Å². The molecule has 0 saturated heterocycles. The normalized spacial score (nSPS) is 12.6. The topological polar surface area (TPSA) is 93.5 Å². The van der Waals surface area contributed by atoms with Crippen LogP contribution in [0.15, 0.2) is 77.7 Å². The van der Waals surface area contributed by atoms with Crippen LogP contribution >= 0.6 is 0 Å². The molecule has 4 aromatic rings. The van der Waals surface area contributed by atoms with Gasteiger partial charge >= 0.3 is 0 Å². The minimum atomic E-state index is -3.64. The van der Waals surface area contributed by atoms with Gasteiger partial charge in [0.25, 0.3) is 0 Å². The summed E-state index contributed by atoms with van der Waals surface area (Å²) in [5, 5.41) is 2.83. The average molecular weight is 493 g/mol. The van der Waals surface area contributed by atoms with E-state index in [1.165, 1.54) is 20.2 Å². The van der Waals surface area contributed by atoms with Crippen LogP contribution in [-0.2, 0) is 21.4 Å². The van der Waals surface area contributed by atoms with Crippen LogP contribution in [0.3, 0.4) is 0 Å². The molecule has 1 heterocycles. The first kappa shape index (κ1) is 24.4. The highest BCUT2D eigenvalue weighted by Gasteiger charge is 2.22. The van der Waals surface area contributed by atoms with Crippen LogP contribution in [0, 0.1) is 6.92 Å². The number of hydrogen-bond acceptors (Lipinski definition) is 5. The molecule has 1 N–H and O–H groups in total. The molecule has 0 bridgehead atoms. The van der Waals surface area contributed by atoms with Gasteiger partial charge < -0.3 is 14.6 Å². The Labute approximate surface area is 205 Å². The fourth-order valence-corrected chi connectivity index (χ4v) is 4.97. The molecular weight excluding hydrogens is 464 g/mol. The maximum absolute atomic E-state index is 13.1. The van der Waals surface area contributed by atoms with Crippen molar-refractivity contribution in [3.63, 3.8) is 0 Å². The molecule has 0 radical (unpaired) electrons. The molecule has 1 aromatic heterocycles. The van der Waals surface area contributed by atoms with Gasteiger partial charge in [0.05, 0.1) is 15.9 Å². The maximum atomic E-state index is 13.1. The fourth-order valence-electron chi connectivity index (χ4n) is 3.82. The summed E-state index contributed by atoms with van der Waals surface area (Å²) in [4.78, 5) is 17.9. The van der Waals surface area contributed by atoms with E-state index in [1.54, 1.807) is 19.1 Å². The number of fused-ring (bicyclic) bond motifs is 1. The second kappa shape index (κ2) is 9.89. The van der Waals surface area contributed by atoms with Crippen LogP contribution in [0.25, 0.3) is 11.0 Å². The lowest BCUT2D eigenvalue weighted by atomic mass is 10.2. The van der Waals surface area contributed by atoms with E-state index in [0.29, 0.717) is 22.8 Å². The number of sulfonamides is 1. The molecule has 0 aliphatic heterocycles. The number of para-hydroxylation sites is 3. The smallest absolute Gasteiger partial charge is 0.244 e. The number of anilines is 1. The molecule has 8 nitrogen and oxygen atoms in total. The van der Waals surface area contributed by atoms with Gasteiger partial charge in [0, 0.05) is 19.8 Å². The number of aryl methyl sites for hydroxylation is 1. The molecule has 182 valence electrons. The predicted molar refractivity (Wildman–Crippen MR) is 136 cm³/mol. The van der Waals surface area contributed by atoms with Crippen molar-refractivity contribution >= 4 is 32.7 Å². The lowest BCUT2D eigenvalue weighted by Gasteiger charge is -2.17. The van der Waals surface area contributed by atoms with Gasteiger partial charge in [-0.3, -0.25) is 4.79 Å². The molecule has 0 saturated carbocycles. The van der Waals surface area contributed by atoms with Crippen LogP contribution in [0.2, 0.25) is 0 Å². The first-order valence-corrected chi connectivity index (χ1v) is 12.6. The zero-order valence-electron chi connectivity index (χ0n) is 20.1. The quantitative estimate of drug-likeness (QED) is 0.394. The SMILES string of the molecule is Cc1ccc(NC(=O)Cn2c([C@H](C)Oc3ccccc3)nc3ccccc32)cc1S(=O)(=O)N(C)C. The second-order valence-electron chi connectivity index (χ2n) is 8.43. The Hall–Kier alpha value is -3.69. The number of carbonyl (C=O) groups excluding carboxylic acids is 1. The van der Waals surface area contributed by atoms with Gasteiger partial charge in [-0.15, -0.1) is 0 Å². The molecule has 0 aliphatic rings. The van der Waals surface area contributed by atoms with Gasteiger partial charge in [-0.1, -0.05) is 36.4 Å². The molecule has 4 rings (SSSR count). The Balaban J connectivity index is 1.61. The largest absolute Gasteiger partial charge is 0.483 e. The van der Waals surface area contributed by atoms with E-state index in [1.807, 2.05) is 66.1 Å². The molecule has 35 heavy (non-hydrogen) atoms. The van der Waals surface area contributed by atoms with Gasteiger partial charge in [0.2, 0.25) is 15.9 Å². The Bertz CT molecular complexity index is 1460. The molecule has 0 unspecified atom stereocenters. The summed E-state index contributed by atoms with van der Waals surface area (Å²) in [6, 6.07) is 21.9. The van der Waals surface area contributed by atoms with Crippen molar-refractivity contribution in [2.75, 3.05) is 19.4 Å². The molecule has 9 heteroatoms. The van der Waals surface area contributed by atoms with Crippen LogP contribution in [0.4, 0.5) is 5.69 Å². The molecule has 3 aromatic carbocycles. The Morgan fingerprint density at radius 1 is 1.06 bits per heavy atom. The third kappa shape index (κ3) is 5.21. The van der Waals surface area contributed by atoms with Crippen molar-refractivity contribution in [3.8, 4) is 5.75 Å². The van der Waals surface area contributed by atoms with Gasteiger partial charge in [-0.05, 0) is 55.8 Å². The summed E-state index contributed by atoms with van der Waals surface area (Å²) in [5.74, 6) is 1.01. The number of amides is 1. The van der Waals surface area contributed by atoms with E-state index in [-0.39, 0.29) is 17.3 Å². The summed E-state index contributed by atoms with van der Waals surface area (Å²) in [6.07, 6.45) is -0.409. The zero-order valence-corrected chi connectivity index (χ0v) is 20.9. The molecular formula is C26H28N4O4S. The maximum Gasteiger partial charge on any atom is 0.244 e. The summed E-state index contributed by atoms with van der Waals surface area (Å²) >= 11 is 0. The number of nitrogens with one attached hydrogen (secondary N) is 1. The highest BCUT2D eigenvalue weighted by atomic mass is 32.2. The summed E-state index contributed by atoms with van der Waals surface area (Å²) in [6.45, 7) is 3.60. The van der Waals surface area contributed by atoms with E-state index >= 15 is 0 Å². The number of ether oxygens (including phenoxy) is 1. The lowest BCUT2D eigenvalue weighted by Crippen LogP contribution is -2.24. The first-order chi connectivity index (χ1) is 16.7. The number of hydrogen-bond donors (Lipinski definition) is 1. The standard InChI is InChI=1S/C26H28N4O4S/c1-18-14-15-20(16-24(18)35(32,33)29(3)4)27-25(31)17-30-23-13-9-8-12-22(23)28-26(30)19(2)34-21-10-6-5-7-11-21/h5-16,19H,17H2,1-4H3,(H,27,31)/t19-/m0/s1. The van der Waals surface area contributed by atoms with Crippen molar-refractivity contribution in [3.05, 3.63) is 84.2 Å². The minimum absolute atomic E-state index is 0.0119. The van der Waals surface area contributed by atoms with Crippen LogP contribution in [0.5, 0.6) is 5.75 Å². The zero-order chi connectivity index (χ0) is 25.2. The number of benzene rings is 3. The van der Waals surface area contributed by atoms with Crippen molar-refractivity contribution in [1.82, 2.24) is 13.9 Å². The van der Waals surface area contributed by atoms with Crippen LogP contribution in [0.1, 0.15) is 24.4 Å². The van der Waals surface area contributed by atoms with Crippen molar-refractivity contribution in [1.29, 1.82) is 0 Å². The minimum Gasteiger partial charge on any atom is -0.483 e. The lowest BCUT2D eigenvalue weighted by molar-refractivity contribution is -0.116. The summed E-state index contributed by atoms with van der Waals surface area (Å²) in [7, 11) is -0.689. The predicted octanol–water partition coefficient (Wildman–Crippen LogP) is 4.37. The number of nitrogens with zero attached hydrogens (tertiary/aromatic N) is 3. The van der Waals surface area contributed by atoms with E-state index in [4.69, 9.17) is 9.72 Å². The molecule has 0 aliphatic carbocycles. The summed E-state index contributed by atoms with van der Waals surface area (Å²) in [5.41, 5.74) is 2.57. The van der Waals surface area contributed by atoms with Crippen molar-refractivity contribution in [2.45, 2.75) is 31.4 Å². The number of carbonyl (C=O) groups is 1. The summed E-state index contributed by atoms with van der Waals surface area (Å²) < 4.78 is 34.3. The third-order valence-corrected chi connectivity index (χ3v) is 7.59. The highest BCUT2D eigenvalue weighted by molar-refractivity contribution is 7.89. The van der Waals surface area contributed by atoms with E-state index in [2.05, 4.69) is 5.32 Å². The number of imidazole rings is 1. The first-order valence-electron chi connectivity index (χ1n) is 11.2.